The van der Waals surface area contributed by atoms with E-state index in [1.807, 2.05) is 18.2 Å². The number of hydrogen-bond acceptors (Lipinski definition) is 3. The third kappa shape index (κ3) is 2.22. The van der Waals surface area contributed by atoms with Crippen LogP contribution < -0.4 is 0 Å². The number of hydrogen-bond donors (Lipinski definition) is 0. The number of benzene rings is 1. The van der Waals surface area contributed by atoms with Gasteiger partial charge in [0.15, 0.2) is 8.32 Å². The molecule has 0 saturated heterocycles. The predicted molar refractivity (Wildman–Crippen MR) is 72.9 cm³/mol. The molecular weight excluding hydrogens is 244 g/mol. The Balaban J connectivity index is 2.26. The highest BCUT2D eigenvalue weighted by molar-refractivity contribution is 6.74. The number of carbonyl (C=O) groups is 1. The van der Waals surface area contributed by atoms with E-state index in [-0.39, 0.29) is 11.0 Å². The van der Waals surface area contributed by atoms with Crippen LogP contribution in [0, 0.1) is 0 Å². The first-order chi connectivity index (χ1) is 8.22. The maximum atomic E-state index is 11.7. The third-order valence-corrected chi connectivity index (χ3v) is 8.27. The summed E-state index contributed by atoms with van der Waals surface area (Å²) in [6, 6.07) is 7.43. The van der Waals surface area contributed by atoms with Gasteiger partial charge in [-0.1, -0.05) is 39.0 Å². The topological polar surface area (TPSA) is 35.5 Å². The molecule has 18 heavy (non-hydrogen) atoms. The van der Waals surface area contributed by atoms with Crippen LogP contribution in [-0.2, 0) is 9.16 Å². The van der Waals surface area contributed by atoms with Gasteiger partial charge in [0.1, 0.15) is 0 Å². The SMILES string of the molecule is CC(C)(C)[Si](C)(C)OC1OC(=O)c2ccccc21. The van der Waals surface area contributed by atoms with E-state index in [1.54, 1.807) is 6.07 Å². The summed E-state index contributed by atoms with van der Waals surface area (Å²) in [7, 11) is -1.95. The normalized spacial score (nSPS) is 19.6. The van der Waals surface area contributed by atoms with Crippen LogP contribution in [0.5, 0.6) is 0 Å². The monoisotopic (exact) mass is 264 g/mol. The smallest absolute Gasteiger partial charge is 0.341 e. The first kappa shape index (κ1) is 13.3. The van der Waals surface area contributed by atoms with Crippen molar-refractivity contribution in [2.75, 3.05) is 0 Å². The molecule has 1 aromatic rings. The molecule has 4 heteroatoms. The van der Waals surface area contributed by atoms with Gasteiger partial charge in [-0.15, -0.1) is 0 Å². The van der Waals surface area contributed by atoms with E-state index < -0.39 is 14.6 Å². The van der Waals surface area contributed by atoms with E-state index in [0.29, 0.717) is 5.56 Å². The highest BCUT2D eigenvalue weighted by Gasteiger charge is 2.43. The molecule has 0 saturated carbocycles. The van der Waals surface area contributed by atoms with Crippen LogP contribution >= 0.6 is 0 Å². The molecule has 0 N–H and O–H groups in total. The minimum absolute atomic E-state index is 0.0942. The van der Waals surface area contributed by atoms with Crippen molar-refractivity contribution in [1.82, 2.24) is 0 Å². The molecule has 1 unspecified atom stereocenters. The molecule has 0 bridgehead atoms. The zero-order valence-corrected chi connectivity index (χ0v) is 12.6. The zero-order chi connectivity index (χ0) is 13.6. The quantitative estimate of drug-likeness (QED) is 0.600. The van der Waals surface area contributed by atoms with Gasteiger partial charge >= 0.3 is 5.97 Å². The number of carbonyl (C=O) groups excluding carboxylic acids is 1. The molecule has 1 aromatic carbocycles. The van der Waals surface area contributed by atoms with Gasteiger partial charge in [-0.25, -0.2) is 4.79 Å². The van der Waals surface area contributed by atoms with Crippen LogP contribution in [0.15, 0.2) is 24.3 Å². The van der Waals surface area contributed by atoms with Crippen molar-refractivity contribution >= 4 is 14.3 Å². The molecule has 3 nitrogen and oxygen atoms in total. The Hall–Kier alpha value is -1.13. The molecule has 0 radical (unpaired) electrons. The lowest BCUT2D eigenvalue weighted by Gasteiger charge is -2.37. The Morgan fingerprint density at radius 2 is 1.83 bits per heavy atom. The zero-order valence-electron chi connectivity index (χ0n) is 11.6. The fourth-order valence-electron chi connectivity index (χ4n) is 1.64. The molecule has 2 rings (SSSR count). The Labute approximate surface area is 109 Å². The largest absolute Gasteiger partial charge is 0.429 e. The van der Waals surface area contributed by atoms with Gasteiger partial charge in [-0.2, -0.15) is 0 Å². The van der Waals surface area contributed by atoms with Gasteiger partial charge in [-0.05, 0) is 24.2 Å². The second-order valence-electron chi connectivity index (χ2n) is 6.20. The predicted octanol–water partition coefficient (Wildman–Crippen LogP) is 3.88. The van der Waals surface area contributed by atoms with Gasteiger partial charge in [-0.3, -0.25) is 0 Å². The summed E-state index contributed by atoms with van der Waals surface area (Å²) in [6.07, 6.45) is -0.533. The lowest BCUT2D eigenvalue weighted by atomic mass is 10.1. The number of fused-ring (bicyclic) bond motifs is 1. The maximum Gasteiger partial charge on any atom is 0.341 e. The molecule has 0 amide bonds. The Bertz CT molecular complexity index is 474. The minimum atomic E-state index is -1.95. The minimum Gasteiger partial charge on any atom is -0.429 e. The first-order valence-electron chi connectivity index (χ1n) is 6.20. The van der Waals surface area contributed by atoms with Crippen LogP contribution in [0.4, 0.5) is 0 Å². The van der Waals surface area contributed by atoms with Crippen LogP contribution in [0.25, 0.3) is 0 Å². The number of esters is 1. The highest BCUT2D eigenvalue weighted by atomic mass is 28.4. The second-order valence-corrected chi connectivity index (χ2v) is 11.0. The molecule has 1 atom stereocenters. The van der Waals surface area contributed by atoms with Crippen molar-refractivity contribution in [3.63, 3.8) is 0 Å². The molecule has 0 aliphatic carbocycles. The van der Waals surface area contributed by atoms with E-state index in [2.05, 4.69) is 33.9 Å². The first-order valence-corrected chi connectivity index (χ1v) is 9.11. The van der Waals surface area contributed by atoms with Gasteiger partial charge in [0.05, 0.1) is 5.56 Å². The van der Waals surface area contributed by atoms with E-state index in [4.69, 9.17) is 9.16 Å². The summed E-state index contributed by atoms with van der Waals surface area (Å²) in [5.74, 6) is -0.283. The summed E-state index contributed by atoms with van der Waals surface area (Å²) in [5, 5.41) is 0.0942. The molecule has 0 fully saturated rings. The van der Waals surface area contributed by atoms with E-state index in [9.17, 15) is 4.79 Å². The third-order valence-electron chi connectivity index (χ3n) is 3.86. The molecule has 0 spiro atoms. The fraction of sp³-hybridized carbons (Fsp3) is 0.500. The summed E-state index contributed by atoms with van der Waals surface area (Å²) < 4.78 is 11.5. The molecule has 1 heterocycles. The van der Waals surface area contributed by atoms with Crippen molar-refractivity contribution in [1.29, 1.82) is 0 Å². The van der Waals surface area contributed by atoms with Crippen molar-refractivity contribution < 1.29 is 14.0 Å². The van der Waals surface area contributed by atoms with Crippen molar-refractivity contribution in [2.24, 2.45) is 0 Å². The Morgan fingerprint density at radius 1 is 1.22 bits per heavy atom. The van der Waals surface area contributed by atoms with E-state index in [1.165, 1.54) is 0 Å². The Morgan fingerprint density at radius 3 is 2.44 bits per heavy atom. The van der Waals surface area contributed by atoms with Gasteiger partial charge in [0.2, 0.25) is 6.29 Å². The lowest BCUT2D eigenvalue weighted by Crippen LogP contribution is -2.41. The van der Waals surface area contributed by atoms with E-state index in [0.717, 1.165) is 5.56 Å². The molecule has 98 valence electrons. The van der Waals surface area contributed by atoms with E-state index >= 15 is 0 Å². The van der Waals surface area contributed by atoms with Crippen LogP contribution in [0.1, 0.15) is 43.0 Å². The molecule has 0 aromatic heterocycles. The average molecular weight is 264 g/mol. The fourth-order valence-corrected chi connectivity index (χ4v) is 2.71. The maximum absolute atomic E-state index is 11.7. The average Bonchev–Trinajstić information content (AvgIpc) is 2.55. The molecular formula is C14H20O3Si. The lowest BCUT2D eigenvalue weighted by molar-refractivity contribution is -0.0459. The Kier molecular flexibility index (Phi) is 3.11. The summed E-state index contributed by atoms with van der Waals surface area (Å²) >= 11 is 0. The van der Waals surface area contributed by atoms with Crippen molar-refractivity contribution in [3.05, 3.63) is 35.4 Å². The molecule has 1 aliphatic heterocycles. The van der Waals surface area contributed by atoms with Gasteiger partial charge in [0, 0.05) is 5.56 Å². The van der Waals surface area contributed by atoms with Crippen molar-refractivity contribution in [3.8, 4) is 0 Å². The van der Waals surface area contributed by atoms with Gasteiger partial charge < -0.3 is 9.16 Å². The van der Waals surface area contributed by atoms with Crippen LogP contribution in [-0.4, -0.2) is 14.3 Å². The number of rotatable bonds is 2. The summed E-state index contributed by atoms with van der Waals surface area (Å²) in [6.45, 7) is 10.8. The van der Waals surface area contributed by atoms with Crippen LogP contribution in [0.2, 0.25) is 18.1 Å². The van der Waals surface area contributed by atoms with Crippen LogP contribution in [0.3, 0.4) is 0 Å². The standard InChI is InChI=1S/C14H20O3Si/c1-14(2,3)18(4,5)17-13-11-9-7-6-8-10(11)12(15)16-13/h6-9,13H,1-5H3. The number of ether oxygens (including phenoxy) is 1. The second kappa shape index (κ2) is 4.21. The summed E-state index contributed by atoms with van der Waals surface area (Å²) in [5.41, 5.74) is 1.48. The summed E-state index contributed by atoms with van der Waals surface area (Å²) in [4.78, 5) is 11.7. The van der Waals surface area contributed by atoms with Gasteiger partial charge in [0.25, 0.3) is 0 Å². The molecule has 1 aliphatic rings. The number of cyclic esters (lactones) is 1. The highest BCUT2D eigenvalue weighted by Crippen LogP contribution is 2.42. The van der Waals surface area contributed by atoms with Crippen molar-refractivity contribution in [2.45, 2.75) is 45.2 Å².